The molecule has 0 unspecified atom stereocenters. The fraction of sp³-hybridized carbons (Fsp3) is 0.818. The van der Waals surface area contributed by atoms with Crippen molar-refractivity contribution in [2.24, 2.45) is 0 Å². The molecule has 0 atom stereocenters. The van der Waals surface area contributed by atoms with Gasteiger partial charge < -0.3 is 10.6 Å². The van der Waals surface area contributed by atoms with Crippen molar-refractivity contribution in [3.05, 3.63) is 0 Å². The van der Waals surface area contributed by atoms with Crippen molar-refractivity contribution in [2.75, 3.05) is 13.1 Å². The summed E-state index contributed by atoms with van der Waals surface area (Å²) in [6.07, 6.45) is 2.29. The molecular weight excluding hydrogens is 190 g/mol. The summed E-state index contributed by atoms with van der Waals surface area (Å²) < 4.78 is 0. The van der Waals surface area contributed by atoms with E-state index in [1.165, 1.54) is 0 Å². The topological polar surface area (TPSA) is 64.9 Å². The second-order valence-electron chi connectivity index (χ2n) is 4.57. The van der Waals surface area contributed by atoms with Crippen molar-refractivity contribution in [1.82, 2.24) is 10.6 Å². The van der Waals surface area contributed by atoms with Gasteiger partial charge in [0.05, 0.1) is 12.6 Å². The predicted octanol–water partition coefficient (Wildman–Crippen LogP) is 1.18. The van der Waals surface area contributed by atoms with Gasteiger partial charge in [-0.25, -0.2) is 0 Å². The van der Waals surface area contributed by atoms with Gasteiger partial charge in [-0.05, 0) is 33.6 Å². The SMILES string of the molecule is CC(C)(C)NCC(=O)NCCCCC#N. The van der Waals surface area contributed by atoms with Gasteiger partial charge in [0.15, 0.2) is 0 Å². The first kappa shape index (κ1) is 13.9. The van der Waals surface area contributed by atoms with Crippen LogP contribution in [-0.2, 0) is 4.79 Å². The van der Waals surface area contributed by atoms with Gasteiger partial charge in [-0.1, -0.05) is 0 Å². The summed E-state index contributed by atoms with van der Waals surface area (Å²) in [5.74, 6) is 0.0156. The van der Waals surface area contributed by atoms with Crippen molar-refractivity contribution in [3.8, 4) is 6.07 Å². The number of hydrogen-bond acceptors (Lipinski definition) is 3. The molecule has 4 heteroatoms. The molecule has 15 heavy (non-hydrogen) atoms. The highest BCUT2D eigenvalue weighted by Crippen LogP contribution is 1.96. The average Bonchev–Trinajstić information content (AvgIpc) is 2.13. The molecule has 0 aromatic rings. The highest BCUT2D eigenvalue weighted by molar-refractivity contribution is 5.78. The van der Waals surface area contributed by atoms with Gasteiger partial charge in [-0.2, -0.15) is 5.26 Å². The summed E-state index contributed by atoms with van der Waals surface area (Å²) in [6, 6.07) is 2.08. The largest absolute Gasteiger partial charge is 0.355 e. The summed E-state index contributed by atoms with van der Waals surface area (Å²) in [4.78, 5) is 11.3. The Morgan fingerprint density at radius 3 is 2.53 bits per heavy atom. The number of carbonyl (C=O) groups is 1. The molecule has 0 aromatic heterocycles. The van der Waals surface area contributed by atoms with Crippen molar-refractivity contribution in [3.63, 3.8) is 0 Å². The highest BCUT2D eigenvalue weighted by atomic mass is 16.1. The number of hydrogen-bond donors (Lipinski definition) is 2. The lowest BCUT2D eigenvalue weighted by Crippen LogP contribution is -2.43. The molecule has 0 fully saturated rings. The van der Waals surface area contributed by atoms with E-state index in [4.69, 9.17) is 5.26 Å². The first-order valence-corrected chi connectivity index (χ1v) is 5.34. The predicted molar refractivity (Wildman–Crippen MR) is 60.2 cm³/mol. The zero-order valence-corrected chi connectivity index (χ0v) is 9.89. The summed E-state index contributed by atoms with van der Waals surface area (Å²) in [7, 11) is 0. The van der Waals surface area contributed by atoms with Crippen molar-refractivity contribution < 1.29 is 4.79 Å². The molecule has 0 bridgehead atoms. The lowest BCUT2D eigenvalue weighted by Gasteiger charge is -2.19. The van der Waals surface area contributed by atoms with Crippen LogP contribution in [0.25, 0.3) is 0 Å². The first-order chi connectivity index (χ1) is 6.95. The first-order valence-electron chi connectivity index (χ1n) is 5.34. The third-order valence-electron chi connectivity index (χ3n) is 1.82. The normalized spacial score (nSPS) is 10.8. The Labute approximate surface area is 92.0 Å². The second kappa shape index (κ2) is 7.24. The van der Waals surface area contributed by atoms with Crippen LogP contribution in [0.1, 0.15) is 40.0 Å². The van der Waals surface area contributed by atoms with Gasteiger partial charge in [0, 0.05) is 18.5 Å². The maximum absolute atomic E-state index is 11.3. The number of amides is 1. The molecule has 1 amide bonds. The number of carbonyl (C=O) groups excluding carboxylic acids is 1. The molecule has 0 rings (SSSR count). The Hall–Kier alpha value is -1.08. The molecular formula is C11H21N3O. The van der Waals surface area contributed by atoms with Gasteiger partial charge >= 0.3 is 0 Å². The highest BCUT2D eigenvalue weighted by Gasteiger charge is 2.10. The lowest BCUT2D eigenvalue weighted by atomic mass is 10.1. The molecule has 0 radical (unpaired) electrons. The summed E-state index contributed by atoms with van der Waals surface area (Å²) in [6.45, 7) is 7.07. The van der Waals surface area contributed by atoms with E-state index in [0.29, 0.717) is 19.5 Å². The number of nitrogens with one attached hydrogen (secondary N) is 2. The van der Waals surface area contributed by atoms with Crippen molar-refractivity contribution in [2.45, 2.75) is 45.6 Å². The van der Waals surface area contributed by atoms with E-state index in [1.807, 2.05) is 20.8 Å². The third kappa shape index (κ3) is 10.8. The molecule has 2 N–H and O–H groups in total. The molecule has 86 valence electrons. The van der Waals surface area contributed by atoms with Crippen LogP contribution in [0, 0.1) is 11.3 Å². The van der Waals surface area contributed by atoms with Crippen LogP contribution in [-0.4, -0.2) is 24.5 Å². The minimum absolute atomic E-state index is 0.0156. The minimum atomic E-state index is -0.0296. The monoisotopic (exact) mass is 211 g/mol. The van der Waals surface area contributed by atoms with Crippen LogP contribution in [0.3, 0.4) is 0 Å². The molecule has 0 spiro atoms. The van der Waals surface area contributed by atoms with E-state index in [2.05, 4.69) is 16.7 Å². The molecule has 0 saturated carbocycles. The molecule has 0 aromatic carbocycles. The third-order valence-corrected chi connectivity index (χ3v) is 1.82. The number of rotatable bonds is 6. The van der Waals surface area contributed by atoms with E-state index in [9.17, 15) is 4.79 Å². The Morgan fingerprint density at radius 1 is 1.33 bits per heavy atom. The number of nitrogens with zero attached hydrogens (tertiary/aromatic N) is 1. The van der Waals surface area contributed by atoms with Crippen LogP contribution in [0.5, 0.6) is 0 Å². The maximum atomic E-state index is 11.3. The van der Waals surface area contributed by atoms with E-state index in [-0.39, 0.29) is 11.4 Å². The average molecular weight is 211 g/mol. The minimum Gasteiger partial charge on any atom is -0.355 e. The Bertz CT molecular complexity index is 225. The second-order valence-corrected chi connectivity index (χ2v) is 4.57. The zero-order chi connectivity index (χ0) is 11.7. The molecule has 0 heterocycles. The van der Waals surface area contributed by atoms with Crippen LogP contribution >= 0.6 is 0 Å². The zero-order valence-electron chi connectivity index (χ0n) is 9.89. The Kier molecular flexibility index (Phi) is 6.72. The van der Waals surface area contributed by atoms with E-state index >= 15 is 0 Å². The molecule has 0 aliphatic carbocycles. The standard InChI is InChI=1S/C11H21N3O/c1-11(2,3)14-9-10(15)13-8-6-4-5-7-12/h14H,4-6,8-9H2,1-3H3,(H,13,15). The Morgan fingerprint density at radius 2 is 2.00 bits per heavy atom. The van der Waals surface area contributed by atoms with E-state index in [1.54, 1.807) is 0 Å². The number of nitriles is 1. The van der Waals surface area contributed by atoms with Crippen LogP contribution in [0.4, 0.5) is 0 Å². The summed E-state index contributed by atoms with van der Waals surface area (Å²) in [5.41, 5.74) is -0.0296. The van der Waals surface area contributed by atoms with Gasteiger partial charge in [0.1, 0.15) is 0 Å². The van der Waals surface area contributed by atoms with Gasteiger partial charge in [0.2, 0.25) is 5.91 Å². The molecule has 0 aliphatic heterocycles. The van der Waals surface area contributed by atoms with E-state index < -0.39 is 0 Å². The number of unbranched alkanes of at least 4 members (excludes halogenated alkanes) is 2. The fourth-order valence-electron chi connectivity index (χ4n) is 0.965. The fourth-order valence-corrected chi connectivity index (χ4v) is 0.965. The molecule has 0 saturated heterocycles. The van der Waals surface area contributed by atoms with Gasteiger partial charge in [-0.15, -0.1) is 0 Å². The van der Waals surface area contributed by atoms with Crippen LogP contribution in [0.15, 0.2) is 0 Å². The molecule has 4 nitrogen and oxygen atoms in total. The van der Waals surface area contributed by atoms with Crippen LogP contribution in [0.2, 0.25) is 0 Å². The van der Waals surface area contributed by atoms with Crippen molar-refractivity contribution >= 4 is 5.91 Å². The van der Waals surface area contributed by atoms with E-state index in [0.717, 1.165) is 12.8 Å². The van der Waals surface area contributed by atoms with Gasteiger partial charge in [0.25, 0.3) is 0 Å². The van der Waals surface area contributed by atoms with Crippen LogP contribution < -0.4 is 10.6 Å². The summed E-state index contributed by atoms with van der Waals surface area (Å²) in [5, 5.41) is 14.2. The van der Waals surface area contributed by atoms with Gasteiger partial charge in [-0.3, -0.25) is 4.79 Å². The summed E-state index contributed by atoms with van der Waals surface area (Å²) >= 11 is 0. The smallest absolute Gasteiger partial charge is 0.233 e. The van der Waals surface area contributed by atoms with Crippen molar-refractivity contribution in [1.29, 1.82) is 5.26 Å². The maximum Gasteiger partial charge on any atom is 0.233 e. The molecule has 0 aliphatic rings. The quantitative estimate of drug-likeness (QED) is 0.648. The Balaban J connectivity index is 3.39. The lowest BCUT2D eigenvalue weighted by molar-refractivity contribution is -0.120.